The Bertz CT molecular complexity index is 978. The van der Waals surface area contributed by atoms with E-state index in [1.807, 2.05) is 66.7 Å². The fourth-order valence-electron chi connectivity index (χ4n) is 4.47. The molecule has 0 saturated carbocycles. The number of ether oxygens (including phenoxy) is 1. The van der Waals surface area contributed by atoms with Gasteiger partial charge in [-0.05, 0) is 49.9 Å². The van der Waals surface area contributed by atoms with Crippen molar-refractivity contribution in [2.24, 2.45) is 11.3 Å². The second-order valence-corrected chi connectivity index (χ2v) is 11.6. The third-order valence-corrected chi connectivity index (χ3v) is 6.80. The molecule has 0 bridgehead atoms. The van der Waals surface area contributed by atoms with Gasteiger partial charge in [0.1, 0.15) is 6.04 Å². The van der Waals surface area contributed by atoms with Crippen LogP contribution in [0.3, 0.4) is 0 Å². The molecule has 1 unspecified atom stereocenters. The first-order valence-corrected chi connectivity index (χ1v) is 12.9. The summed E-state index contributed by atoms with van der Waals surface area (Å²) in [5, 5.41) is 6.17. The lowest BCUT2D eigenvalue weighted by molar-refractivity contribution is -0.141. The quantitative estimate of drug-likeness (QED) is 0.235. The molecule has 0 aromatic heterocycles. The fraction of sp³-hybridized carbons (Fsp3) is 0.621. The minimum absolute atomic E-state index is 0.0298. The zero-order chi connectivity index (χ0) is 28.7. The molecule has 37 heavy (non-hydrogen) atoms. The Kier molecular flexibility index (Phi) is 11.4. The summed E-state index contributed by atoms with van der Waals surface area (Å²) in [5.74, 6) is -0.891. The fourth-order valence-corrected chi connectivity index (χ4v) is 4.47. The average molecular weight is 517 g/mol. The topological polar surface area (TPSA) is 114 Å². The van der Waals surface area contributed by atoms with Gasteiger partial charge in [0, 0.05) is 23.7 Å². The number of nitrogen functional groups attached to an aromatic ring is 1. The van der Waals surface area contributed by atoms with Crippen molar-refractivity contribution in [3.05, 3.63) is 41.5 Å². The molecule has 3 atom stereocenters. The molecule has 0 heterocycles. The van der Waals surface area contributed by atoms with Crippen LogP contribution in [0.2, 0.25) is 0 Å². The van der Waals surface area contributed by atoms with E-state index in [2.05, 4.69) is 10.6 Å². The van der Waals surface area contributed by atoms with Crippen molar-refractivity contribution in [3.8, 4) is 0 Å². The summed E-state index contributed by atoms with van der Waals surface area (Å²) in [7, 11) is 3.44. The first-order valence-electron chi connectivity index (χ1n) is 12.9. The zero-order valence-electron chi connectivity index (χ0n) is 24.6. The average Bonchev–Trinajstić information content (AvgIpc) is 2.79. The van der Waals surface area contributed by atoms with E-state index in [1.165, 1.54) is 0 Å². The lowest BCUT2D eigenvalue weighted by atomic mass is 9.76. The van der Waals surface area contributed by atoms with Crippen LogP contribution < -0.4 is 16.4 Å². The van der Waals surface area contributed by atoms with E-state index in [4.69, 9.17) is 10.5 Å². The van der Waals surface area contributed by atoms with Crippen LogP contribution in [0.1, 0.15) is 67.9 Å². The van der Waals surface area contributed by atoms with Crippen LogP contribution in [0.4, 0.5) is 5.69 Å². The van der Waals surface area contributed by atoms with Gasteiger partial charge in [0.05, 0.1) is 18.7 Å². The number of nitrogens with one attached hydrogen (secondary N) is 2. The van der Waals surface area contributed by atoms with E-state index in [-0.39, 0.29) is 30.4 Å². The van der Waals surface area contributed by atoms with E-state index in [9.17, 15) is 14.4 Å². The summed E-state index contributed by atoms with van der Waals surface area (Å²) < 4.78 is 5.11. The van der Waals surface area contributed by atoms with E-state index >= 15 is 0 Å². The van der Waals surface area contributed by atoms with Crippen LogP contribution in [0.15, 0.2) is 35.9 Å². The smallest absolute Gasteiger partial charge is 0.333 e. The first-order chi connectivity index (χ1) is 17.0. The lowest BCUT2D eigenvalue weighted by Crippen LogP contribution is -2.61. The molecular weight excluding hydrogens is 468 g/mol. The molecule has 2 amide bonds. The molecule has 0 aliphatic heterocycles. The van der Waals surface area contributed by atoms with Crippen LogP contribution >= 0.6 is 0 Å². The normalized spacial score (nSPS) is 15.1. The molecule has 0 saturated heterocycles. The maximum atomic E-state index is 13.9. The zero-order valence-corrected chi connectivity index (χ0v) is 24.6. The van der Waals surface area contributed by atoms with Crippen molar-refractivity contribution in [2.75, 3.05) is 26.4 Å². The highest BCUT2D eigenvalue weighted by Crippen LogP contribution is 2.30. The highest BCUT2D eigenvalue weighted by atomic mass is 16.5. The Morgan fingerprint density at radius 2 is 1.70 bits per heavy atom. The van der Waals surface area contributed by atoms with Crippen molar-refractivity contribution in [3.63, 3.8) is 0 Å². The highest BCUT2D eigenvalue weighted by molar-refractivity contribution is 5.92. The molecule has 8 heteroatoms. The molecule has 0 aliphatic carbocycles. The molecule has 8 nitrogen and oxygen atoms in total. The van der Waals surface area contributed by atoms with Gasteiger partial charge in [-0.1, -0.05) is 66.7 Å². The summed E-state index contributed by atoms with van der Waals surface area (Å²) >= 11 is 0. The van der Waals surface area contributed by atoms with Crippen molar-refractivity contribution < 1.29 is 19.1 Å². The third-order valence-electron chi connectivity index (χ3n) is 6.80. The molecule has 0 aliphatic rings. The largest absolute Gasteiger partial charge is 0.463 e. The van der Waals surface area contributed by atoms with Gasteiger partial charge in [-0.25, -0.2) is 4.79 Å². The standard InChI is InChI=1S/C29H48N4O4/c1-12-37-27(36)19(4)16-22(18(2)3)33(11)26(35)24(28(5,6)7)32-25(34)23(31-10)29(8,9)20-14-13-15-21(30)17-20/h13-18,22-24,31H,12,30H2,1-11H3,(H,32,34)/b19-16+/t22-,23-,24?/m1/s1. The number of amides is 2. The van der Waals surface area contributed by atoms with Crippen molar-refractivity contribution in [1.82, 2.24) is 15.5 Å². The van der Waals surface area contributed by atoms with Gasteiger partial charge in [-0.3, -0.25) is 9.59 Å². The number of benzene rings is 1. The van der Waals surface area contributed by atoms with Gasteiger partial charge in [0.15, 0.2) is 0 Å². The number of nitrogens with zero attached hydrogens (tertiary/aromatic N) is 1. The Hall–Kier alpha value is -2.87. The minimum atomic E-state index is -0.796. The highest BCUT2D eigenvalue weighted by Gasteiger charge is 2.41. The summed E-state index contributed by atoms with van der Waals surface area (Å²) in [6, 6.07) is 5.71. The summed E-state index contributed by atoms with van der Waals surface area (Å²) in [5.41, 5.74) is 6.80. The van der Waals surface area contributed by atoms with Crippen LogP contribution in [-0.2, 0) is 24.5 Å². The summed E-state index contributed by atoms with van der Waals surface area (Å²) in [6.07, 6.45) is 1.77. The Morgan fingerprint density at radius 3 is 2.16 bits per heavy atom. The van der Waals surface area contributed by atoms with Gasteiger partial charge in [0.25, 0.3) is 0 Å². The molecule has 4 N–H and O–H groups in total. The molecule has 1 aromatic carbocycles. The first kappa shape index (κ1) is 32.2. The monoisotopic (exact) mass is 516 g/mol. The van der Waals surface area contributed by atoms with Crippen LogP contribution in [0.5, 0.6) is 0 Å². The summed E-state index contributed by atoms with van der Waals surface area (Å²) in [6.45, 7) is 17.4. The van der Waals surface area contributed by atoms with Gasteiger partial charge < -0.3 is 26.0 Å². The summed E-state index contributed by atoms with van der Waals surface area (Å²) in [4.78, 5) is 41.3. The molecule has 0 fully saturated rings. The SMILES string of the molecule is CCOC(=O)/C(C)=C/[C@H](C(C)C)N(C)C(=O)C(NC(=O)[C@@H](NC)C(C)(C)c1cccc(N)c1)C(C)(C)C. The van der Waals surface area contributed by atoms with Gasteiger partial charge in [0.2, 0.25) is 11.8 Å². The van der Waals surface area contributed by atoms with Crippen LogP contribution in [0.25, 0.3) is 0 Å². The Balaban J connectivity index is 3.31. The molecule has 1 aromatic rings. The Morgan fingerprint density at radius 1 is 1.11 bits per heavy atom. The lowest BCUT2D eigenvalue weighted by Gasteiger charge is -2.40. The van der Waals surface area contributed by atoms with Gasteiger partial charge >= 0.3 is 5.97 Å². The number of esters is 1. The van der Waals surface area contributed by atoms with Gasteiger partial charge in [-0.2, -0.15) is 0 Å². The number of carbonyl (C=O) groups is 3. The van der Waals surface area contributed by atoms with E-state index in [0.29, 0.717) is 11.3 Å². The maximum absolute atomic E-state index is 13.9. The van der Waals surface area contributed by atoms with Gasteiger partial charge in [-0.15, -0.1) is 0 Å². The predicted molar refractivity (Wildman–Crippen MR) is 150 cm³/mol. The third kappa shape index (κ3) is 8.32. The molecule has 208 valence electrons. The predicted octanol–water partition coefficient (Wildman–Crippen LogP) is 3.66. The number of nitrogens with two attached hydrogens (primary N) is 1. The number of carbonyl (C=O) groups excluding carboxylic acids is 3. The van der Waals surface area contributed by atoms with Crippen molar-refractivity contribution in [2.45, 2.75) is 85.9 Å². The minimum Gasteiger partial charge on any atom is -0.463 e. The second-order valence-electron chi connectivity index (χ2n) is 11.6. The van der Waals surface area contributed by atoms with Crippen LogP contribution in [0, 0.1) is 11.3 Å². The number of anilines is 1. The molecule has 0 spiro atoms. The number of rotatable bonds is 11. The molecular formula is C29H48N4O4. The molecule has 1 rings (SSSR count). The molecule has 0 radical (unpaired) electrons. The van der Waals surface area contributed by atoms with Crippen LogP contribution in [-0.4, -0.2) is 61.5 Å². The van der Waals surface area contributed by atoms with E-state index in [1.54, 1.807) is 45.0 Å². The second kappa shape index (κ2) is 13.1. The number of likely N-dealkylation sites (N-methyl/N-ethyl adjacent to an activating group) is 2. The Labute approximate surface area is 223 Å². The van der Waals surface area contributed by atoms with Crippen molar-refractivity contribution >= 4 is 23.5 Å². The van der Waals surface area contributed by atoms with E-state index in [0.717, 1.165) is 5.56 Å². The van der Waals surface area contributed by atoms with E-state index < -0.39 is 28.9 Å². The van der Waals surface area contributed by atoms with Crippen molar-refractivity contribution in [1.29, 1.82) is 0 Å². The number of hydrogen-bond acceptors (Lipinski definition) is 6. The number of hydrogen-bond donors (Lipinski definition) is 3. The maximum Gasteiger partial charge on any atom is 0.333 e.